The standard InChI is InChI=1S/C17H27N3O/c1-2-21-17(10-4-3-5-11-17)16(20-18)14-9-8-13-7-6-12-19-15(13)14/h6-7,12,14,16,20H,2-5,8-11,18H2,1H3. The fourth-order valence-corrected chi connectivity index (χ4v) is 4.39. The van der Waals surface area contributed by atoms with Crippen LogP contribution in [0.4, 0.5) is 0 Å². The molecule has 116 valence electrons. The van der Waals surface area contributed by atoms with E-state index in [1.54, 1.807) is 0 Å². The third kappa shape index (κ3) is 2.72. The molecule has 0 spiro atoms. The van der Waals surface area contributed by atoms with Crippen LogP contribution in [0.1, 0.15) is 62.6 Å². The Morgan fingerprint density at radius 3 is 2.95 bits per heavy atom. The van der Waals surface area contributed by atoms with Gasteiger partial charge in [0.1, 0.15) is 0 Å². The number of fused-ring (bicyclic) bond motifs is 1. The van der Waals surface area contributed by atoms with Crippen molar-refractivity contribution >= 4 is 0 Å². The van der Waals surface area contributed by atoms with E-state index in [0.29, 0.717) is 5.92 Å². The Labute approximate surface area is 127 Å². The van der Waals surface area contributed by atoms with E-state index in [1.165, 1.54) is 30.5 Å². The molecule has 2 unspecified atom stereocenters. The van der Waals surface area contributed by atoms with Crippen molar-refractivity contribution in [3.05, 3.63) is 29.6 Å². The van der Waals surface area contributed by atoms with Gasteiger partial charge < -0.3 is 4.74 Å². The second-order valence-electron chi connectivity index (χ2n) is 6.40. The fourth-order valence-electron chi connectivity index (χ4n) is 4.39. The molecule has 0 saturated heterocycles. The van der Waals surface area contributed by atoms with E-state index >= 15 is 0 Å². The van der Waals surface area contributed by atoms with E-state index < -0.39 is 0 Å². The molecule has 0 radical (unpaired) electrons. The summed E-state index contributed by atoms with van der Waals surface area (Å²) in [6, 6.07) is 4.39. The highest BCUT2D eigenvalue weighted by Crippen LogP contribution is 2.43. The minimum atomic E-state index is -0.119. The average molecular weight is 289 g/mol. The Balaban J connectivity index is 1.90. The van der Waals surface area contributed by atoms with Gasteiger partial charge in [-0.05, 0) is 44.2 Å². The quantitative estimate of drug-likeness (QED) is 0.646. The van der Waals surface area contributed by atoms with Crippen LogP contribution in [0.5, 0.6) is 0 Å². The molecule has 3 rings (SSSR count). The van der Waals surface area contributed by atoms with Crippen LogP contribution in [0.15, 0.2) is 18.3 Å². The summed E-state index contributed by atoms with van der Waals surface area (Å²) in [4.78, 5) is 4.64. The summed E-state index contributed by atoms with van der Waals surface area (Å²) in [6.45, 7) is 2.84. The van der Waals surface area contributed by atoms with Crippen molar-refractivity contribution in [2.24, 2.45) is 5.84 Å². The number of aromatic nitrogens is 1. The zero-order valence-electron chi connectivity index (χ0n) is 13.0. The predicted octanol–water partition coefficient (Wildman–Crippen LogP) is 2.68. The van der Waals surface area contributed by atoms with E-state index in [9.17, 15) is 0 Å². The van der Waals surface area contributed by atoms with Gasteiger partial charge in [0.15, 0.2) is 0 Å². The molecule has 1 aromatic rings. The first-order valence-electron chi connectivity index (χ1n) is 8.34. The molecule has 1 saturated carbocycles. The largest absolute Gasteiger partial charge is 0.374 e. The third-order valence-electron chi connectivity index (χ3n) is 5.28. The van der Waals surface area contributed by atoms with Crippen LogP contribution in [0.25, 0.3) is 0 Å². The highest BCUT2D eigenvalue weighted by molar-refractivity contribution is 5.31. The lowest BCUT2D eigenvalue weighted by molar-refractivity contribution is -0.0957. The van der Waals surface area contributed by atoms with Gasteiger partial charge in [0.25, 0.3) is 0 Å². The maximum Gasteiger partial charge on any atom is 0.0854 e. The molecule has 1 heterocycles. The third-order valence-corrected chi connectivity index (χ3v) is 5.28. The van der Waals surface area contributed by atoms with Crippen molar-refractivity contribution in [3.8, 4) is 0 Å². The number of aryl methyl sites for hydroxylation is 1. The Kier molecular flexibility index (Phi) is 4.57. The van der Waals surface area contributed by atoms with Gasteiger partial charge in [-0.25, -0.2) is 0 Å². The van der Waals surface area contributed by atoms with E-state index in [1.807, 2.05) is 12.3 Å². The first-order chi connectivity index (χ1) is 10.3. The molecule has 2 aliphatic carbocycles. The molecule has 0 bridgehead atoms. The second kappa shape index (κ2) is 6.42. The van der Waals surface area contributed by atoms with Gasteiger partial charge in [-0.15, -0.1) is 0 Å². The molecule has 4 heteroatoms. The molecule has 1 aromatic heterocycles. The smallest absolute Gasteiger partial charge is 0.0854 e. The summed E-state index contributed by atoms with van der Waals surface area (Å²) in [7, 11) is 0. The molecule has 4 nitrogen and oxygen atoms in total. The van der Waals surface area contributed by atoms with Crippen LogP contribution in [0, 0.1) is 0 Å². The van der Waals surface area contributed by atoms with Crippen molar-refractivity contribution in [2.75, 3.05) is 6.61 Å². The van der Waals surface area contributed by atoms with Gasteiger partial charge >= 0.3 is 0 Å². The van der Waals surface area contributed by atoms with E-state index in [-0.39, 0.29) is 11.6 Å². The van der Waals surface area contributed by atoms with Crippen LogP contribution < -0.4 is 11.3 Å². The lowest BCUT2D eigenvalue weighted by Gasteiger charge is -2.45. The zero-order valence-corrected chi connectivity index (χ0v) is 13.0. The Hall–Kier alpha value is -0.970. The van der Waals surface area contributed by atoms with Crippen molar-refractivity contribution in [3.63, 3.8) is 0 Å². The normalized spacial score (nSPS) is 25.5. The molecule has 21 heavy (non-hydrogen) atoms. The molecule has 2 atom stereocenters. The highest BCUT2D eigenvalue weighted by Gasteiger charge is 2.46. The van der Waals surface area contributed by atoms with Gasteiger partial charge in [-0.1, -0.05) is 25.3 Å². The molecule has 0 amide bonds. The number of hydrazine groups is 1. The SMILES string of the molecule is CCOC1(C(NN)C2CCc3cccnc32)CCCCC1. The summed E-state index contributed by atoms with van der Waals surface area (Å²) >= 11 is 0. The van der Waals surface area contributed by atoms with Crippen LogP contribution in [-0.4, -0.2) is 23.2 Å². The maximum absolute atomic E-state index is 6.28. The number of nitrogens with one attached hydrogen (secondary N) is 1. The summed E-state index contributed by atoms with van der Waals surface area (Å²) < 4.78 is 6.28. The van der Waals surface area contributed by atoms with Crippen LogP contribution in [0.3, 0.4) is 0 Å². The summed E-state index contributed by atoms with van der Waals surface area (Å²) in [5, 5.41) is 0. The van der Waals surface area contributed by atoms with Gasteiger partial charge in [-0.3, -0.25) is 16.3 Å². The molecule has 1 fully saturated rings. The topological polar surface area (TPSA) is 60.2 Å². The van der Waals surface area contributed by atoms with Crippen molar-refractivity contribution in [1.82, 2.24) is 10.4 Å². The van der Waals surface area contributed by atoms with E-state index in [0.717, 1.165) is 32.3 Å². The number of hydrogen-bond acceptors (Lipinski definition) is 4. The van der Waals surface area contributed by atoms with Crippen molar-refractivity contribution < 1.29 is 4.74 Å². The van der Waals surface area contributed by atoms with Gasteiger partial charge in [-0.2, -0.15) is 0 Å². The molecule has 0 aromatic carbocycles. The Morgan fingerprint density at radius 1 is 1.43 bits per heavy atom. The minimum Gasteiger partial charge on any atom is -0.374 e. The molecule has 2 aliphatic rings. The molecular formula is C17H27N3O. The number of ether oxygens (including phenoxy) is 1. The minimum absolute atomic E-state index is 0.119. The first-order valence-corrected chi connectivity index (χ1v) is 8.34. The van der Waals surface area contributed by atoms with E-state index in [4.69, 9.17) is 10.6 Å². The van der Waals surface area contributed by atoms with Crippen LogP contribution >= 0.6 is 0 Å². The van der Waals surface area contributed by atoms with Crippen molar-refractivity contribution in [1.29, 1.82) is 0 Å². The average Bonchev–Trinajstić information content (AvgIpc) is 2.93. The zero-order chi connectivity index (χ0) is 14.7. The summed E-state index contributed by atoms with van der Waals surface area (Å²) in [5.74, 6) is 6.37. The van der Waals surface area contributed by atoms with E-state index in [2.05, 4.69) is 23.4 Å². The van der Waals surface area contributed by atoms with Gasteiger partial charge in [0, 0.05) is 24.4 Å². The number of nitrogens with two attached hydrogens (primary N) is 1. The number of nitrogens with zero attached hydrogens (tertiary/aromatic N) is 1. The lowest BCUT2D eigenvalue weighted by Crippen LogP contribution is -2.58. The van der Waals surface area contributed by atoms with Crippen molar-refractivity contribution in [2.45, 2.75) is 69.4 Å². The van der Waals surface area contributed by atoms with Gasteiger partial charge in [0.05, 0.1) is 11.6 Å². The Bertz CT molecular complexity index is 465. The van der Waals surface area contributed by atoms with Gasteiger partial charge in [0.2, 0.25) is 0 Å². The van der Waals surface area contributed by atoms with Crippen LogP contribution in [-0.2, 0) is 11.2 Å². The summed E-state index contributed by atoms with van der Waals surface area (Å²) in [6.07, 6.45) is 10.1. The van der Waals surface area contributed by atoms with Crippen LogP contribution in [0.2, 0.25) is 0 Å². The second-order valence-corrected chi connectivity index (χ2v) is 6.40. The lowest BCUT2D eigenvalue weighted by atomic mass is 9.74. The highest BCUT2D eigenvalue weighted by atomic mass is 16.5. The first kappa shape index (κ1) is 14.9. The number of pyridine rings is 1. The monoisotopic (exact) mass is 289 g/mol. The maximum atomic E-state index is 6.28. The predicted molar refractivity (Wildman–Crippen MR) is 83.9 cm³/mol. The number of hydrogen-bond donors (Lipinski definition) is 2. The summed E-state index contributed by atoms with van der Waals surface area (Å²) in [5.41, 5.74) is 5.60. The molecule has 3 N–H and O–H groups in total. The molecular weight excluding hydrogens is 262 g/mol. The molecule has 0 aliphatic heterocycles. The Morgan fingerprint density at radius 2 is 2.24 bits per heavy atom. The fraction of sp³-hybridized carbons (Fsp3) is 0.706. The number of rotatable bonds is 5.